The van der Waals surface area contributed by atoms with Gasteiger partial charge in [0.25, 0.3) is 0 Å². The van der Waals surface area contributed by atoms with Gasteiger partial charge in [-0.05, 0) is 0 Å². The molecule has 0 atom stereocenters. The van der Waals surface area contributed by atoms with E-state index in [4.69, 9.17) is 9.47 Å². The molecule has 0 spiro atoms. The van der Waals surface area contributed by atoms with E-state index in [1.54, 1.807) is 0 Å². The highest BCUT2D eigenvalue weighted by Gasteiger charge is 2.17. The molecule has 0 bridgehead atoms. The molecule has 0 saturated carbocycles. The molecule has 64 valence electrons. The van der Waals surface area contributed by atoms with Crippen LogP contribution in [0.4, 0.5) is 4.79 Å². The Hall–Kier alpha value is -0.770. The van der Waals surface area contributed by atoms with Crippen LogP contribution in [0.15, 0.2) is 0 Å². The second-order valence-electron chi connectivity index (χ2n) is 2.38. The lowest BCUT2D eigenvalue weighted by Gasteiger charge is -2.21. The highest BCUT2D eigenvalue weighted by Crippen LogP contribution is 2.10. The summed E-state index contributed by atoms with van der Waals surface area (Å²) in [5.41, 5.74) is 0. The second kappa shape index (κ2) is 4.18. The Morgan fingerprint density at radius 1 is 1.45 bits per heavy atom. The van der Waals surface area contributed by atoms with Gasteiger partial charge >= 0.3 is 6.16 Å². The summed E-state index contributed by atoms with van der Waals surface area (Å²) in [6.45, 7) is 1.34. The minimum atomic E-state index is -0.600. The Morgan fingerprint density at radius 2 is 2.09 bits per heavy atom. The van der Waals surface area contributed by atoms with Crippen LogP contribution in [0.25, 0.3) is 0 Å². The lowest BCUT2D eigenvalue weighted by atomic mass is 10.2. The first kappa shape index (κ1) is 8.33. The van der Waals surface area contributed by atoms with Gasteiger partial charge < -0.3 is 14.2 Å². The quantitative estimate of drug-likeness (QED) is 0.536. The summed E-state index contributed by atoms with van der Waals surface area (Å²) in [7, 11) is 1.31. The summed E-state index contributed by atoms with van der Waals surface area (Å²) in [5.74, 6) is 0. The number of hydrogen-bond acceptors (Lipinski definition) is 4. The van der Waals surface area contributed by atoms with Crippen molar-refractivity contribution < 1.29 is 19.0 Å². The monoisotopic (exact) mass is 160 g/mol. The maximum absolute atomic E-state index is 10.6. The van der Waals surface area contributed by atoms with Crippen LogP contribution in [-0.2, 0) is 14.2 Å². The predicted molar refractivity (Wildman–Crippen MR) is 37.3 cm³/mol. The Balaban J connectivity index is 2.19. The molecule has 1 rings (SSSR count). The van der Waals surface area contributed by atoms with Crippen molar-refractivity contribution in [2.75, 3.05) is 20.3 Å². The van der Waals surface area contributed by atoms with Gasteiger partial charge in [-0.2, -0.15) is 0 Å². The standard InChI is InChI=1S/C7H12O4/c1-9-7(8)11-6-2-4-10-5-3-6/h6H,2-5H2,1H3. The molecule has 0 aromatic rings. The Kier molecular flexibility index (Phi) is 3.16. The first-order valence-electron chi connectivity index (χ1n) is 3.65. The van der Waals surface area contributed by atoms with Crippen molar-refractivity contribution in [2.24, 2.45) is 0 Å². The first-order chi connectivity index (χ1) is 5.33. The van der Waals surface area contributed by atoms with Crippen molar-refractivity contribution in [1.82, 2.24) is 0 Å². The normalized spacial score (nSPS) is 19.4. The van der Waals surface area contributed by atoms with Crippen LogP contribution in [-0.4, -0.2) is 32.6 Å². The fourth-order valence-corrected chi connectivity index (χ4v) is 0.978. The molecule has 0 aliphatic carbocycles. The third kappa shape index (κ3) is 2.76. The third-order valence-corrected chi connectivity index (χ3v) is 1.60. The van der Waals surface area contributed by atoms with E-state index in [-0.39, 0.29) is 6.10 Å². The highest BCUT2D eigenvalue weighted by atomic mass is 16.7. The minimum absolute atomic E-state index is 0.0174. The molecule has 0 aromatic heterocycles. The van der Waals surface area contributed by atoms with Gasteiger partial charge in [0.2, 0.25) is 0 Å². The summed E-state index contributed by atoms with van der Waals surface area (Å²) in [5, 5.41) is 0. The van der Waals surface area contributed by atoms with Crippen LogP contribution >= 0.6 is 0 Å². The Labute approximate surface area is 65.4 Å². The van der Waals surface area contributed by atoms with Gasteiger partial charge in [-0.3, -0.25) is 0 Å². The molecule has 0 radical (unpaired) electrons. The van der Waals surface area contributed by atoms with Crippen LogP contribution in [0.3, 0.4) is 0 Å². The number of ether oxygens (including phenoxy) is 3. The lowest BCUT2D eigenvalue weighted by Crippen LogP contribution is -2.25. The van der Waals surface area contributed by atoms with Crippen molar-refractivity contribution >= 4 is 6.16 Å². The number of carbonyl (C=O) groups is 1. The van der Waals surface area contributed by atoms with E-state index < -0.39 is 6.16 Å². The van der Waals surface area contributed by atoms with E-state index >= 15 is 0 Å². The Morgan fingerprint density at radius 3 is 2.64 bits per heavy atom. The van der Waals surface area contributed by atoms with Crippen molar-refractivity contribution in [1.29, 1.82) is 0 Å². The van der Waals surface area contributed by atoms with E-state index in [1.807, 2.05) is 0 Å². The molecular weight excluding hydrogens is 148 g/mol. The fourth-order valence-electron chi connectivity index (χ4n) is 0.978. The molecule has 1 fully saturated rings. The van der Waals surface area contributed by atoms with Crippen LogP contribution < -0.4 is 0 Å². The van der Waals surface area contributed by atoms with Gasteiger partial charge in [0.05, 0.1) is 20.3 Å². The van der Waals surface area contributed by atoms with E-state index in [2.05, 4.69) is 4.74 Å². The number of rotatable bonds is 1. The molecule has 4 heteroatoms. The maximum Gasteiger partial charge on any atom is 0.508 e. The number of methoxy groups -OCH3 is 1. The molecule has 1 heterocycles. The summed E-state index contributed by atoms with van der Waals surface area (Å²) in [6.07, 6.45) is 0.928. The highest BCUT2D eigenvalue weighted by molar-refractivity contribution is 5.59. The SMILES string of the molecule is COC(=O)OC1CCOCC1. The third-order valence-electron chi connectivity index (χ3n) is 1.60. The predicted octanol–water partition coefficient (Wildman–Crippen LogP) is 0.948. The molecule has 0 amide bonds. The van der Waals surface area contributed by atoms with Crippen molar-refractivity contribution in [2.45, 2.75) is 18.9 Å². The zero-order chi connectivity index (χ0) is 8.10. The average Bonchev–Trinajstić information content (AvgIpc) is 2.06. The molecule has 0 N–H and O–H groups in total. The van der Waals surface area contributed by atoms with Crippen molar-refractivity contribution in [3.63, 3.8) is 0 Å². The van der Waals surface area contributed by atoms with Crippen LogP contribution in [0.5, 0.6) is 0 Å². The minimum Gasteiger partial charge on any atom is -0.438 e. The van der Waals surface area contributed by atoms with E-state index in [0.29, 0.717) is 13.2 Å². The van der Waals surface area contributed by atoms with Crippen LogP contribution in [0, 0.1) is 0 Å². The Bertz CT molecular complexity index is 128. The molecule has 11 heavy (non-hydrogen) atoms. The smallest absolute Gasteiger partial charge is 0.438 e. The van der Waals surface area contributed by atoms with Gasteiger partial charge in [-0.1, -0.05) is 0 Å². The van der Waals surface area contributed by atoms with Gasteiger partial charge in [0, 0.05) is 12.8 Å². The fraction of sp³-hybridized carbons (Fsp3) is 0.857. The molecule has 1 aliphatic rings. The van der Waals surface area contributed by atoms with Gasteiger partial charge in [-0.25, -0.2) is 4.79 Å². The summed E-state index contributed by atoms with van der Waals surface area (Å²) in [4.78, 5) is 10.6. The van der Waals surface area contributed by atoms with E-state index in [0.717, 1.165) is 12.8 Å². The van der Waals surface area contributed by atoms with Crippen molar-refractivity contribution in [3.05, 3.63) is 0 Å². The summed E-state index contributed by atoms with van der Waals surface area (Å²) in [6, 6.07) is 0. The topological polar surface area (TPSA) is 44.8 Å². The van der Waals surface area contributed by atoms with Crippen LogP contribution in [0.1, 0.15) is 12.8 Å². The largest absolute Gasteiger partial charge is 0.508 e. The first-order valence-corrected chi connectivity index (χ1v) is 3.65. The summed E-state index contributed by atoms with van der Waals surface area (Å²) < 4.78 is 14.3. The summed E-state index contributed by atoms with van der Waals surface area (Å²) >= 11 is 0. The van der Waals surface area contributed by atoms with Crippen LogP contribution in [0.2, 0.25) is 0 Å². The second-order valence-corrected chi connectivity index (χ2v) is 2.38. The van der Waals surface area contributed by atoms with Gasteiger partial charge in [-0.15, -0.1) is 0 Å². The molecular formula is C7H12O4. The zero-order valence-corrected chi connectivity index (χ0v) is 6.54. The van der Waals surface area contributed by atoms with E-state index in [1.165, 1.54) is 7.11 Å². The average molecular weight is 160 g/mol. The van der Waals surface area contributed by atoms with Gasteiger partial charge in [0.15, 0.2) is 0 Å². The molecule has 4 nitrogen and oxygen atoms in total. The number of hydrogen-bond donors (Lipinski definition) is 0. The molecule has 1 saturated heterocycles. The molecule has 0 unspecified atom stereocenters. The van der Waals surface area contributed by atoms with Crippen molar-refractivity contribution in [3.8, 4) is 0 Å². The number of carbonyl (C=O) groups excluding carboxylic acids is 1. The molecule has 1 aliphatic heterocycles. The maximum atomic E-state index is 10.6. The van der Waals surface area contributed by atoms with E-state index in [9.17, 15) is 4.79 Å². The lowest BCUT2D eigenvalue weighted by molar-refractivity contribution is -0.0217. The zero-order valence-electron chi connectivity index (χ0n) is 6.54. The molecule has 0 aromatic carbocycles. The van der Waals surface area contributed by atoms with Gasteiger partial charge in [0.1, 0.15) is 6.10 Å².